The van der Waals surface area contributed by atoms with Gasteiger partial charge in [-0.05, 0) is 56.4 Å². The molecule has 1 aliphatic carbocycles. The fourth-order valence-corrected chi connectivity index (χ4v) is 4.09. The van der Waals surface area contributed by atoms with Gasteiger partial charge >= 0.3 is 0 Å². The molecule has 0 radical (unpaired) electrons. The second-order valence-electron chi connectivity index (χ2n) is 6.82. The van der Waals surface area contributed by atoms with E-state index in [-0.39, 0.29) is 0 Å². The summed E-state index contributed by atoms with van der Waals surface area (Å²) < 4.78 is 0. The summed E-state index contributed by atoms with van der Waals surface area (Å²) in [5.41, 5.74) is 6.34. The number of hydrogen-bond acceptors (Lipinski definition) is 3. The van der Waals surface area contributed by atoms with Gasteiger partial charge in [0.15, 0.2) is 0 Å². The molecule has 4 atom stereocenters. The van der Waals surface area contributed by atoms with Crippen LogP contribution in [0.4, 0.5) is 0 Å². The molecule has 0 spiro atoms. The van der Waals surface area contributed by atoms with Crippen molar-refractivity contribution in [3.63, 3.8) is 0 Å². The molecule has 0 aromatic rings. The summed E-state index contributed by atoms with van der Waals surface area (Å²) in [4.78, 5) is 2.60. The van der Waals surface area contributed by atoms with Crippen LogP contribution in [-0.2, 0) is 0 Å². The summed E-state index contributed by atoms with van der Waals surface area (Å²) in [6, 6.07) is 0.421. The molecule has 0 aromatic heterocycles. The van der Waals surface area contributed by atoms with Crippen molar-refractivity contribution in [2.45, 2.75) is 57.9 Å². The highest BCUT2D eigenvalue weighted by molar-refractivity contribution is 4.86. The highest BCUT2D eigenvalue weighted by Gasteiger charge is 2.31. The zero-order chi connectivity index (χ0) is 13.7. The largest absolute Gasteiger partial charge is 0.396 e. The molecule has 3 heteroatoms. The van der Waals surface area contributed by atoms with Crippen LogP contribution < -0.4 is 5.73 Å². The lowest BCUT2D eigenvalue weighted by Crippen LogP contribution is -2.42. The number of hydrogen-bond donors (Lipinski definition) is 2. The standard InChI is InChI=1S/C16H32N2O/c1-2-3-13-4-5-16(17)15(10-13)12-18-8-6-14(11-18)7-9-19/h13-16,19H,2-12,17H2,1H3. The van der Waals surface area contributed by atoms with Crippen LogP contribution in [0.5, 0.6) is 0 Å². The number of likely N-dealkylation sites (tertiary alicyclic amines) is 1. The molecule has 1 saturated heterocycles. The van der Waals surface area contributed by atoms with Crippen LogP contribution in [0.1, 0.15) is 51.9 Å². The molecule has 4 unspecified atom stereocenters. The van der Waals surface area contributed by atoms with Gasteiger partial charge in [-0.1, -0.05) is 19.8 Å². The topological polar surface area (TPSA) is 49.5 Å². The molecule has 1 heterocycles. The molecule has 2 fully saturated rings. The van der Waals surface area contributed by atoms with Gasteiger partial charge in [-0.15, -0.1) is 0 Å². The van der Waals surface area contributed by atoms with Gasteiger partial charge in [0.25, 0.3) is 0 Å². The van der Waals surface area contributed by atoms with E-state index in [9.17, 15) is 0 Å². The minimum Gasteiger partial charge on any atom is -0.396 e. The second-order valence-corrected chi connectivity index (χ2v) is 6.82. The first kappa shape index (κ1) is 15.3. The van der Waals surface area contributed by atoms with Gasteiger partial charge < -0.3 is 15.7 Å². The van der Waals surface area contributed by atoms with Crippen LogP contribution in [0.25, 0.3) is 0 Å². The number of nitrogens with zero attached hydrogens (tertiary/aromatic N) is 1. The number of aliphatic hydroxyl groups excluding tert-OH is 1. The Morgan fingerprint density at radius 1 is 1.16 bits per heavy atom. The zero-order valence-electron chi connectivity index (χ0n) is 12.6. The fourth-order valence-electron chi connectivity index (χ4n) is 4.09. The van der Waals surface area contributed by atoms with Gasteiger partial charge in [0.1, 0.15) is 0 Å². The van der Waals surface area contributed by atoms with Gasteiger partial charge in [0.05, 0.1) is 0 Å². The van der Waals surface area contributed by atoms with Crippen LogP contribution >= 0.6 is 0 Å². The minimum atomic E-state index is 0.347. The fraction of sp³-hybridized carbons (Fsp3) is 1.00. The lowest BCUT2D eigenvalue weighted by atomic mass is 9.76. The Morgan fingerprint density at radius 3 is 2.74 bits per heavy atom. The molecule has 2 aliphatic rings. The van der Waals surface area contributed by atoms with E-state index in [0.717, 1.165) is 18.3 Å². The van der Waals surface area contributed by atoms with Crippen LogP contribution in [0.3, 0.4) is 0 Å². The monoisotopic (exact) mass is 268 g/mol. The molecule has 112 valence electrons. The number of aliphatic hydroxyl groups is 1. The van der Waals surface area contributed by atoms with Crippen molar-refractivity contribution in [1.82, 2.24) is 4.90 Å². The van der Waals surface area contributed by atoms with E-state index in [1.54, 1.807) is 0 Å². The molecule has 0 aromatic carbocycles. The molecular weight excluding hydrogens is 236 g/mol. The van der Waals surface area contributed by atoms with E-state index >= 15 is 0 Å². The highest BCUT2D eigenvalue weighted by Crippen LogP contribution is 2.33. The van der Waals surface area contributed by atoms with Gasteiger partial charge in [-0.25, -0.2) is 0 Å². The van der Waals surface area contributed by atoms with Crippen molar-refractivity contribution in [3.05, 3.63) is 0 Å². The summed E-state index contributed by atoms with van der Waals surface area (Å²) in [5, 5.41) is 9.03. The lowest BCUT2D eigenvalue weighted by molar-refractivity contribution is 0.163. The SMILES string of the molecule is CCCC1CCC(N)C(CN2CCC(CCO)C2)C1. The first-order valence-corrected chi connectivity index (χ1v) is 8.31. The smallest absolute Gasteiger partial charge is 0.0434 e. The third-order valence-corrected chi connectivity index (χ3v) is 5.25. The highest BCUT2D eigenvalue weighted by atomic mass is 16.3. The normalized spacial score (nSPS) is 36.8. The third kappa shape index (κ3) is 4.44. The predicted octanol–water partition coefficient (Wildman–Crippen LogP) is 2.23. The molecule has 2 rings (SSSR count). The van der Waals surface area contributed by atoms with Crippen LogP contribution in [0.2, 0.25) is 0 Å². The van der Waals surface area contributed by atoms with Crippen molar-refractivity contribution in [1.29, 1.82) is 0 Å². The summed E-state index contributed by atoms with van der Waals surface area (Å²) >= 11 is 0. The zero-order valence-corrected chi connectivity index (χ0v) is 12.6. The summed E-state index contributed by atoms with van der Waals surface area (Å²) in [5.74, 6) is 2.35. The van der Waals surface area contributed by atoms with Crippen molar-refractivity contribution in [2.75, 3.05) is 26.2 Å². The van der Waals surface area contributed by atoms with Gasteiger partial charge in [0, 0.05) is 25.7 Å². The summed E-state index contributed by atoms with van der Waals surface area (Å²) in [6.07, 6.45) is 8.86. The molecule has 0 amide bonds. The Labute approximate surface area is 118 Å². The van der Waals surface area contributed by atoms with Crippen LogP contribution in [-0.4, -0.2) is 42.3 Å². The van der Waals surface area contributed by atoms with Gasteiger partial charge in [-0.2, -0.15) is 0 Å². The number of nitrogens with two attached hydrogens (primary N) is 1. The Balaban J connectivity index is 1.77. The average Bonchev–Trinajstić information content (AvgIpc) is 2.82. The van der Waals surface area contributed by atoms with Crippen molar-refractivity contribution < 1.29 is 5.11 Å². The van der Waals surface area contributed by atoms with Crippen molar-refractivity contribution in [3.8, 4) is 0 Å². The van der Waals surface area contributed by atoms with Gasteiger partial charge in [0.2, 0.25) is 0 Å². The van der Waals surface area contributed by atoms with Crippen LogP contribution in [0.15, 0.2) is 0 Å². The molecule has 1 saturated carbocycles. The van der Waals surface area contributed by atoms with E-state index in [0.29, 0.717) is 18.6 Å². The van der Waals surface area contributed by atoms with E-state index in [2.05, 4.69) is 11.8 Å². The molecule has 1 aliphatic heterocycles. The van der Waals surface area contributed by atoms with Gasteiger partial charge in [-0.3, -0.25) is 0 Å². The second kappa shape index (κ2) is 7.61. The predicted molar refractivity (Wildman–Crippen MR) is 80.0 cm³/mol. The van der Waals surface area contributed by atoms with Crippen LogP contribution in [0, 0.1) is 17.8 Å². The Hall–Kier alpha value is -0.120. The average molecular weight is 268 g/mol. The van der Waals surface area contributed by atoms with E-state index in [1.165, 1.54) is 58.2 Å². The Morgan fingerprint density at radius 2 is 2.00 bits per heavy atom. The van der Waals surface area contributed by atoms with Crippen molar-refractivity contribution >= 4 is 0 Å². The Kier molecular flexibility index (Phi) is 6.11. The molecular formula is C16H32N2O. The molecule has 3 N–H and O–H groups in total. The summed E-state index contributed by atoms with van der Waals surface area (Å²) in [7, 11) is 0. The third-order valence-electron chi connectivity index (χ3n) is 5.25. The number of rotatable bonds is 6. The lowest BCUT2D eigenvalue weighted by Gasteiger charge is -2.36. The molecule has 0 bridgehead atoms. The Bertz CT molecular complexity index is 259. The maximum Gasteiger partial charge on any atom is 0.0434 e. The van der Waals surface area contributed by atoms with E-state index in [1.807, 2.05) is 0 Å². The molecule has 3 nitrogen and oxygen atoms in total. The van der Waals surface area contributed by atoms with E-state index in [4.69, 9.17) is 10.8 Å². The maximum atomic E-state index is 9.03. The molecule has 19 heavy (non-hydrogen) atoms. The minimum absolute atomic E-state index is 0.347. The van der Waals surface area contributed by atoms with E-state index < -0.39 is 0 Å². The maximum absolute atomic E-state index is 9.03. The quantitative estimate of drug-likeness (QED) is 0.777. The van der Waals surface area contributed by atoms with Crippen molar-refractivity contribution in [2.24, 2.45) is 23.5 Å². The summed E-state index contributed by atoms with van der Waals surface area (Å²) in [6.45, 7) is 6.24. The first-order valence-electron chi connectivity index (χ1n) is 8.31. The first-order chi connectivity index (χ1) is 9.22.